The van der Waals surface area contributed by atoms with Gasteiger partial charge >= 0.3 is 0 Å². The average Bonchev–Trinajstić information content (AvgIpc) is 2.77. The lowest BCUT2D eigenvalue weighted by atomic mass is 9.89. The van der Waals surface area contributed by atoms with Gasteiger partial charge in [-0.1, -0.05) is 52.3 Å². The number of halogens is 1. The first-order valence-electron chi connectivity index (χ1n) is 6.93. The Morgan fingerprint density at radius 3 is 2.43 bits per heavy atom. The molecule has 2 aromatic rings. The van der Waals surface area contributed by atoms with Gasteiger partial charge in [-0.15, -0.1) is 0 Å². The molecule has 0 unspecified atom stereocenters. The van der Waals surface area contributed by atoms with Crippen molar-refractivity contribution in [1.82, 2.24) is 0 Å². The van der Waals surface area contributed by atoms with Crippen LogP contribution in [0.15, 0.2) is 58.6 Å². The van der Waals surface area contributed by atoms with Crippen LogP contribution in [-0.4, -0.2) is 22.4 Å². The summed E-state index contributed by atoms with van der Waals surface area (Å²) in [5.74, 6) is -1.33. The van der Waals surface area contributed by atoms with Crippen LogP contribution in [0.2, 0.25) is 0 Å². The van der Waals surface area contributed by atoms with Crippen LogP contribution in [-0.2, 0) is 0 Å². The van der Waals surface area contributed by atoms with Crippen molar-refractivity contribution in [2.45, 2.75) is 5.92 Å². The van der Waals surface area contributed by atoms with Gasteiger partial charge in [-0.3, -0.25) is 14.9 Å². The second-order valence-electron chi connectivity index (χ2n) is 5.26. The molecule has 1 atom stereocenters. The fraction of sp³-hybridized carbons (Fsp3) is 0.118. The largest absolute Gasteiger partial charge is 0.507 e. The highest BCUT2D eigenvalue weighted by atomic mass is 79.9. The van der Waals surface area contributed by atoms with Crippen molar-refractivity contribution in [2.75, 3.05) is 6.54 Å². The predicted octanol–water partition coefficient (Wildman–Crippen LogP) is 3.98. The van der Waals surface area contributed by atoms with E-state index in [4.69, 9.17) is 0 Å². The maximum Gasteiger partial charge on any atom is 0.214 e. The molecule has 0 aromatic heterocycles. The lowest BCUT2D eigenvalue weighted by molar-refractivity contribution is -0.481. The predicted molar refractivity (Wildman–Crippen MR) is 89.1 cm³/mol. The van der Waals surface area contributed by atoms with Gasteiger partial charge in [0.1, 0.15) is 5.76 Å². The van der Waals surface area contributed by atoms with Gasteiger partial charge in [0.25, 0.3) is 0 Å². The summed E-state index contributed by atoms with van der Waals surface area (Å²) < 4.78 is 0.756. The highest BCUT2D eigenvalue weighted by molar-refractivity contribution is 9.10. The minimum Gasteiger partial charge on any atom is -0.507 e. The quantitative estimate of drug-likeness (QED) is 0.649. The third kappa shape index (κ3) is 2.77. The van der Waals surface area contributed by atoms with E-state index in [1.165, 1.54) is 0 Å². The molecule has 23 heavy (non-hydrogen) atoms. The number of nitro groups is 1. The van der Waals surface area contributed by atoms with Crippen molar-refractivity contribution in [2.24, 2.45) is 0 Å². The maximum atomic E-state index is 12.6. The van der Waals surface area contributed by atoms with Gasteiger partial charge in [0, 0.05) is 20.5 Å². The number of carbonyl (C=O) groups excluding carboxylic acids is 1. The minimum atomic E-state index is -0.803. The molecule has 1 N–H and O–H groups in total. The number of nitrogens with zero attached hydrogens (tertiary/aromatic N) is 1. The smallest absolute Gasteiger partial charge is 0.214 e. The summed E-state index contributed by atoms with van der Waals surface area (Å²) in [6, 6.07) is 13.7. The summed E-state index contributed by atoms with van der Waals surface area (Å²) in [5, 5.41) is 21.5. The first-order chi connectivity index (χ1) is 11.0. The molecule has 6 heteroatoms. The van der Waals surface area contributed by atoms with E-state index in [9.17, 15) is 20.0 Å². The summed E-state index contributed by atoms with van der Waals surface area (Å²) in [7, 11) is 0. The van der Waals surface area contributed by atoms with E-state index < -0.39 is 17.4 Å². The topological polar surface area (TPSA) is 80.4 Å². The molecule has 0 fully saturated rings. The molecule has 0 spiro atoms. The number of fused-ring (bicyclic) bond motifs is 1. The number of carbonyl (C=O) groups is 1. The van der Waals surface area contributed by atoms with Gasteiger partial charge in [0.05, 0.1) is 11.5 Å². The molecular weight excluding hydrogens is 362 g/mol. The van der Waals surface area contributed by atoms with Crippen molar-refractivity contribution >= 4 is 27.5 Å². The van der Waals surface area contributed by atoms with Crippen LogP contribution in [0.1, 0.15) is 27.4 Å². The summed E-state index contributed by atoms with van der Waals surface area (Å²) in [6.45, 7) is -0.463. The summed E-state index contributed by atoms with van der Waals surface area (Å²) in [4.78, 5) is 23.3. The van der Waals surface area contributed by atoms with E-state index in [-0.39, 0.29) is 17.1 Å². The van der Waals surface area contributed by atoms with Crippen molar-refractivity contribution in [3.8, 4) is 0 Å². The zero-order valence-corrected chi connectivity index (χ0v) is 13.5. The molecule has 1 aliphatic rings. The highest BCUT2D eigenvalue weighted by Gasteiger charge is 2.37. The molecule has 0 saturated carbocycles. The Morgan fingerprint density at radius 1 is 1.13 bits per heavy atom. The maximum absolute atomic E-state index is 12.6. The highest BCUT2D eigenvalue weighted by Crippen LogP contribution is 2.39. The number of hydrogen-bond donors (Lipinski definition) is 1. The number of Topliss-reactive ketones (excluding diaryl/α,β-unsaturated/α-hetero) is 1. The number of rotatable bonds is 4. The molecule has 5 nitrogen and oxygen atoms in total. The Balaban J connectivity index is 2.13. The van der Waals surface area contributed by atoms with Crippen LogP contribution < -0.4 is 0 Å². The Bertz CT molecular complexity index is 844. The SMILES string of the molecule is O=C1C([C@H](C[N+](=O)[O-])c2cccc(Br)c2)=C(O)c2ccccc21. The zero-order valence-electron chi connectivity index (χ0n) is 11.9. The fourth-order valence-corrected chi connectivity index (χ4v) is 3.26. The first kappa shape index (κ1) is 15.4. The zero-order chi connectivity index (χ0) is 16.6. The Morgan fingerprint density at radius 2 is 1.83 bits per heavy atom. The van der Waals surface area contributed by atoms with Crippen LogP contribution in [0.5, 0.6) is 0 Å². The Kier molecular flexibility index (Phi) is 4.00. The molecule has 0 saturated heterocycles. The molecular formula is C17H12BrNO4. The van der Waals surface area contributed by atoms with Crippen LogP contribution in [0, 0.1) is 10.1 Å². The standard InChI is InChI=1S/C17H12BrNO4/c18-11-5-3-4-10(8-11)14(9-19(22)23)15-16(20)12-6-1-2-7-13(12)17(15)21/h1-8,14,20H,9H2/t14-/m1/s1. The summed E-state index contributed by atoms with van der Waals surface area (Å²) in [6.07, 6.45) is 0. The van der Waals surface area contributed by atoms with Crippen LogP contribution in [0.4, 0.5) is 0 Å². The molecule has 0 aliphatic heterocycles. The third-order valence-corrected chi connectivity index (χ3v) is 4.35. The van der Waals surface area contributed by atoms with Gasteiger partial charge in [-0.25, -0.2) is 0 Å². The van der Waals surface area contributed by atoms with Gasteiger partial charge in [0.15, 0.2) is 5.78 Å². The van der Waals surface area contributed by atoms with E-state index in [2.05, 4.69) is 15.9 Å². The average molecular weight is 374 g/mol. The Hall–Kier alpha value is -2.47. The number of aliphatic hydroxyl groups excluding tert-OH is 1. The van der Waals surface area contributed by atoms with E-state index in [1.54, 1.807) is 48.5 Å². The monoisotopic (exact) mass is 373 g/mol. The number of hydrogen-bond acceptors (Lipinski definition) is 4. The van der Waals surface area contributed by atoms with E-state index in [1.807, 2.05) is 0 Å². The minimum absolute atomic E-state index is 0.0843. The number of ketones is 1. The van der Waals surface area contributed by atoms with Crippen LogP contribution in [0.3, 0.4) is 0 Å². The molecule has 0 heterocycles. The van der Waals surface area contributed by atoms with Gasteiger partial charge in [-0.05, 0) is 17.7 Å². The molecule has 0 radical (unpaired) electrons. The lowest BCUT2D eigenvalue weighted by Gasteiger charge is -2.15. The van der Waals surface area contributed by atoms with Crippen LogP contribution in [0.25, 0.3) is 5.76 Å². The fourth-order valence-electron chi connectivity index (χ4n) is 2.84. The molecule has 2 aromatic carbocycles. The molecule has 0 amide bonds. The van der Waals surface area contributed by atoms with Gasteiger partial charge in [0.2, 0.25) is 6.54 Å². The van der Waals surface area contributed by atoms with Crippen LogP contribution >= 0.6 is 15.9 Å². The third-order valence-electron chi connectivity index (χ3n) is 3.86. The first-order valence-corrected chi connectivity index (χ1v) is 7.73. The van der Waals surface area contributed by atoms with Crippen molar-refractivity contribution in [1.29, 1.82) is 0 Å². The molecule has 1 aliphatic carbocycles. The normalized spacial score (nSPS) is 14.7. The van der Waals surface area contributed by atoms with Crippen molar-refractivity contribution in [3.63, 3.8) is 0 Å². The van der Waals surface area contributed by atoms with E-state index >= 15 is 0 Å². The second-order valence-corrected chi connectivity index (χ2v) is 6.18. The second kappa shape index (κ2) is 5.96. The number of aliphatic hydroxyl groups is 1. The summed E-state index contributed by atoms with van der Waals surface area (Å²) in [5.41, 5.74) is 1.50. The number of benzene rings is 2. The van der Waals surface area contributed by atoms with Gasteiger partial charge in [-0.2, -0.15) is 0 Å². The van der Waals surface area contributed by atoms with Crippen molar-refractivity contribution < 1.29 is 14.8 Å². The summed E-state index contributed by atoms with van der Waals surface area (Å²) >= 11 is 3.33. The van der Waals surface area contributed by atoms with Gasteiger partial charge < -0.3 is 5.11 Å². The lowest BCUT2D eigenvalue weighted by Crippen LogP contribution is -2.18. The van der Waals surface area contributed by atoms with E-state index in [0.29, 0.717) is 16.7 Å². The molecule has 0 bridgehead atoms. The van der Waals surface area contributed by atoms with E-state index in [0.717, 1.165) is 4.47 Å². The van der Waals surface area contributed by atoms with Crippen molar-refractivity contribution in [3.05, 3.63) is 85.4 Å². The molecule has 3 rings (SSSR count). The molecule has 116 valence electrons. The Labute approximate surface area is 140 Å².